The summed E-state index contributed by atoms with van der Waals surface area (Å²) in [6, 6.07) is 0. The monoisotopic (exact) mass is 364 g/mol. The Morgan fingerprint density at radius 3 is 2.62 bits per heavy atom. The smallest absolute Gasteiger partial charge is 0.306 e. The molecule has 0 aliphatic heterocycles. The van der Waals surface area contributed by atoms with E-state index in [1.807, 2.05) is 0 Å². The molecule has 1 rings (SSSR count). The number of ether oxygens (including phenoxy) is 1. The lowest BCUT2D eigenvalue weighted by atomic mass is 9.83. The minimum absolute atomic E-state index is 0.206. The largest absolute Gasteiger partial charge is 0.469 e. The summed E-state index contributed by atoms with van der Waals surface area (Å²) in [5.41, 5.74) is 0. The lowest BCUT2D eigenvalue weighted by molar-refractivity contribution is -0.203. The molecule has 1 aliphatic rings. The lowest BCUT2D eigenvalue weighted by Gasteiger charge is -2.24. The first-order chi connectivity index (χ1) is 11.4. The van der Waals surface area contributed by atoms with Crippen LogP contribution in [0.3, 0.4) is 0 Å². The summed E-state index contributed by atoms with van der Waals surface area (Å²) in [5.74, 6) is 4.37. The van der Waals surface area contributed by atoms with Gasteiger partial charge in [0.25, 0.3) is 0 Å². The number of carbonyl (C=O) groups excluding carboxylic acids is 1. The standard InChI is InChI=1S/C17H26F2O4S/c1-17(18,19)11-12-24-23-22-13-15-9-7-14(8-10-15)5-3-4-6-16(20)21-2/h14-15H,4,6-13H2,1-2H3. The van der Waals surface area contributed by atoms with Gasteiger partial charge >= 0.3 is 5.97 Å². The van der Waals surface area contributed by atoms with E-state index in [1.54, 1.807) is 0 Å². The van der Waals surface area contributed by atoms with E-state index < -0.39 is 5.92 Å². The van der Waals surface area contributed by atoms with Crippen LogP contribution in [-0.4, -0.2) is 31.4 Å². The second kappa shape index (κ2) is 11.7. The topological polar surface area (TPSA) is 44.8 Å². The van der Waals surface area contributed by atoms with Gasteiger partial charge in [0, 0.05) is 36.6 Å². The highest BCUT2D eigenvalue weighted by Crippen LogP contribution is 2.29. The molecule has 0 aromatic rings. The summed E-state index contributed by atoms with van der Waals surface area (Å²) >= 11 is 0.925. The van der Waals surface area contributed by atoms with Crippen LogP contribution in [0, 0.1) is 23.7 Å². The van der Waals surface area contributed by atoms with Crippen molar-refractivity contribution in [1.82, 2.24) is 0 Å². The van der Waals surface area contributed by atoms with E-state index in [2.05, 4.69) is 16.6 Å². The third-order valence-corrected chi connectivity index (χ3v) is 4.42. The van der Waals surface area contributed by atoms with Crippen molar-refractivity contribution in [3.63, 3.8) is 0 Å². The van der Waals surface area contributed by atoms with Gasteiger partial charge in [-0.3, -0.25) is 4.79 Å². The molecule has 24 heavy (non-hydrogen) atoms. The average molecular weight is 364 g/mol. The van der Waals surface area contributed by atoms with E-state index in [1.165, 1.54) is 7.11 Å². The molecule has 1 saturated carbocycles. The summed E-state index contributed by atoms with van der Waals surface area (Å²) in [5, 5.41) is 0. The van der Waals surface area contributed by atoms with Crippen LogP contribution in [-0.2, 0) is 18.8 Å². The SMILES string of the molecule is COC(=O)CCC#CC1CCC(COOSCCC(C)(F)F)CC1. The zero-order chi connectivity index (χ0) is 17.8. The van der Waals surface area contributed by atoms with Crippen LogP contribution in [0.25, 0.3) is 0 Å². The molecule has 0 radical (unpaired) electrons. The minimum Gasteiger partial charge on any atom is -0.469 e. The Hall–Kier alpha value is -0.840. The number of esters is 1. The van der Waals surface area contributed by atoms with Gasteiger partial charge in [0.1, 0.15) is 0 Å². The summed E-state index contributed by atoms with van der Waals surface area (Å²) in [4.78, 5) is 16.1. The molecule has 0 heterocycles. The number of carbonyl (C=O) groups is 1. The van der Waals surface area contributed by atoms with Crippen molar-refractivity contribution in [3.05, 3.63) is 0 Å². The normalized spacial score (nSPS) is 21.0. The molecular weight excluding hydrogens is 338 g/mol. The quantitative estimate of drug-likeness (QED) is 0.152. The van der Waals surface area contributed by atoms with Crippen molar-refractivity contribution in [2.24, 2.45) is 11.8 Å². The van der Waals surface area contributed by atoms with Gasteiger partial charge in [-0.2, -0.15) is 4.33 Å². The highest BCUT2D eigenvalue weighted by Gasteiger charge is 2.21. The molecule has 0 N–H and O–H groups in total. The molecule has 4 nitrogen and oxygen atoms in total. The van der Waals surface area contributed by atoms with E-state index in [0.29, 0.717) is 31.3 Å². The van der Waals surface area contributed by atoms with Crippen molar-refractivity contribution in [1.29, 1.82) is 0 Å². The Bertz CT molecular complexity index is 421. The fourth-order valence-electron chi connectivity index (χ4n) is 2.37. The summed E-state index contributed by atoms with van der Waals surface area (Å²) < 4.78 is 34.6. The van der Waals surface area contributed by atoms with E-state index in [0.717, 1.165) is 44.6 Å². The Kier molecular flexibility index (Phi) is 10.3. The Labute approximate surface area is 147 Å². The zero-order valence-electron chi connectivity index (χ0n) is 14.3. The summed E-state index contributed by atoms with van der Waals surface area (Å²) in [6.07, 6.45) is 4.70. The maximum atomic E-state index is 12.6. The first-order valence-corrected chi connectivity index (χ1v) is 9.16. The third kappa shape index (κ3) is 10.8. The van der Waals surface area contributed by atoms with Crippen molar-refractivity contribution in [2.75, 3.05) is 19.5 Å². The summed E-state index contributed by atoms with van der Waals surface area (Å²) in [7, 11) is 1.38. The van der Waals surface area contributed by atoms with E-state index >= 15 is 0 Å². The molecule has 1 aliphatic carbocycles. The molecule has 0 aromatic carbocycles. The maximum absolute atomic E-state index is 12.6. The lowest BCUT2D eigenvalue weighted by Crippen LogP contribution is -2.17. The van der Waals surface area contributed by atoms with Crippen molar-refractivity contribution in [2.45, 2.75) is 57.8 Å². The van der Waals surface area contributed by atoms with Gasteiger partial charge in [-0.1, -0.05) is 5.92 Å². The van der Waals surface area contributed by atoms with Gasteiger partial charge in [0.2, 0.25) is 5.92 Å². The van der Waals surface area contributed by atoms with Gasteiger partial charge in [0.05, 0.1) is 20.1 Å². The third-order valence-electron chi connectivity index (χ3n) is 3.86. The van der Waals surface area contributed by atoms with Gasteiger partial charge in [0.15, 0.2) is 0 Å². The molecule has 0 unspecified atom stereocenters. The first-order valence-electron chi connectivity index (χ1n) is 8.25. The van der Waals surface area contributed by atoms with Gasteiger partial charge in [-0.25, -0.2) is 13.7 Å². The van der Waals surface area contributed by atoms with Crippen LogP contribution in [0.1, 0.15) is 51.9 Å². The average Bonchev–Trinajstić information content (AvgIpc) is 2.54. The van der Waals surface area contributed by atoms with Crippen LogP contribution in [0.2, 0.25) is 0 Å². The van der Waals surface area contributed by atoms with Crippen LogP contribution >= 0.6 is 12.0 Å². The number of rotatable bonds is 9. The highest BCUT2D eigenvalue weighted by atomic mass is 32.2. The molecule has 0 amide bonds. The predicted molar refractivity (Wildman–Crippen MR) is 89.2 cm³/mol. The van der Waals surface area contributed by atoms with E-state index in [-0.39, 0.29) is 18.1 Å². The molecule has 1 fully saturated rings. The Morgan fingerprint density at radius 2 is 2.00 bits per heavy atom. The maximum Gasteiger partial charge on any atom is 0.306 e. The molecule has 0 atom stereocenters. The number of methoxy groups -OCH3 is 1. The molecule has 0 spiro atoms. The fourth-order valence-corrected chi connectivity index (χ4v) is 3.00. The van der Waals surface area contributed by atoms with Gasteiger partial charge in [-0.15, -0.1) is 5.92 Å². The Morgan fingerprint density at radius 1 is 1.29 bits per heavy atom. The van der Waals surface area contributed by atoms with E-state index in [9.17, 15) is 13.6 Å². The first kappa shape index (κ1) is 21.2. The predicted octanol–water partition coefficient (Wildman–Crippen LogP) is 4.39. The second-order valence-corrected chi connectivity index (χ2v) is 6.89. The van der Waals surface area contributed by atoms with Crippen molar-refractivity contribution >= 4 is 18.0 Å². The number of hydrogen-bond acceptors (Lipinski definition) is 5. The molecule has 0 bridgehead atoms. The number of alkyl halides is 2. The molecule has 138 valence electrons. The number of hydrogen-bond donors (Lipinski definition) is 0. The van der Waals surface area contributed by atoms with Crippen molar-refractivity contribution < 1.29 is 27.5 Å². The summed E-state index contributed by atoms with van der Waals surface area (Å²) in [6.45, 7) is 1.38. The highest BCUT2D eigenvalue weighted by molar-refractivity contribution is 7.94. The molecule has 7 heteroatoms. The number of halogens is 2. The van der Waals surface area contributed by atoms with Gasteiger partial charge in [-0.05, 0) is 38.5 Å². The Balaban J connectivity index is 2.03. The van der Waals surface area contributed by atoms with Crippen LogP contribution in [0.5, 0.6) is 0 Å². The molecule has 0 saturated heterocycles. The van der Waals surface area contributed by atoms with Gasteiger partial charge < -0.3 is 4.74 Å². The zero-order valence-corrected chi connectivity index (χ0v) is 15.1. The van der Waals surface area contributed by atoms with Crippen molar-refractivity contribution in [3.8, 4) is 11.8 Å². The van der Waals surface area contributed by atoms with Crippen LogP contribution in [0.15, 0.2) is 0 Å². The molecular formula is C17H26F2O4S. The second-order valence-electron chi connectivity index (χ2n) is 6.11. The molecule has 0 aromatic heterocycles. The van der Waals surface area contributed by atoms with Crippen LogP contribution in [0.4, 0.5) is 8.78 Å². The van der Waals surface area contributed by atoms with Crippen LogP contribution < -0.4 is 0 Å². The minimum atomic E-state index is -2.66. The van der Waals surface area contributed by atoms with E-state index in [4.69, 9.17) is 9.22 Å². The fraction of sp³-hybridized carbons (Fsp3) is 0.824.